The van der Waals surface area contributed by atoms with Crippen molar-refractivity contribution in [2.45, 2.75) is 38.5 Å². The maximum absolute atomic E-state index is 12.4. The molecule has 0 aromatic rings. The minimum Gasteiger partial charge on any atom is -0.340 e. The molecule has 1 aliphatic carbocycles. The average molecular weight is 352 g/mol. The lowest BCUT2D eigenvalue weighted by Crippen LogP contribution is -2.51. The van der Waals surface area contributed by atoms with Crippen molar-refractivity contribution >= 4 is 30.7 Å². The van der Waals surface area contributed by atoms with E-state index in [4.69, 9.17) is 0 Å². The number of piperazine rings is 1. The molecule has 0 spiro atoms. The number of hydrogen-bond acceptors (Lipinski definition) is 3. The maximum atomic E-state index is 12.4. The molecule has 0 radical (unpaired) electrons. The van der Waals surface area contributed by atoms with Gasteiger partial charge in [-0.2, -0.15) is 0 Å². The third-order valence-electron chi connectivity index (χ3n) is 5.33. The number of nitrogens with one attached hydrogen (secondary N) is 1. The molecule has 3 aliphatic rings. The Morgan fingerprint density at radius 2 is 1.64 bits per heavy atom. The molecule has 1 atom stereocenters. The molecule has 2 aliphatic heterocycles. The Balaban J connectivity index is 0.00000121. The Kier molecular flexibility index (Phi) is 9.07. The van der Waals surface area contributed by atoms with Gasteiger partial charge in [-0.25, -0.2) is 0 Å². The topological polar surface area (TPSA) is 35.6 Å². The molecular weight excluding hydrogens is 321 g/mol. The Labute approximate surface area is 147 Å². The first kappa shape index (κ1) is 20.0. The first-order valence-electron chi connectivity index (χ1n) is 8.55. The van der Waals surface area contributed by atoms with Gasteiger partial charge in [0.05, 0.1) is 5.92 Å². The number of carbonyl (C=O) groups excluding carboxylic acids is 1. The van der Waals surface area contributed by atoms with E-state index in [-0.39, 0.29) is 30.7 Å². The summed E-state index contributed by atoms with van der Waals surface area (Å²) >= 11 is 0. The number of carbonyl (C=O) groups is 1. The molecule has 1 amide bonds. The van der Waals surface area contributed by atoms with E-state index < -0.39 is 0 Å². The third-order valence-corrected chi connectivity index (χ3v) is 5.33. The van der Waals surface area contributed by atoms with Crippen LogP contribution in [0.4, 0.5) is 0 Å². The van der Waals surface area contributed by atoms with Gasteiger partial charge >= 0.3 is 0 Å². The first-order chi connectivity index (χ1) is 9.83. The van der Waals surface area contributed by atoms with Gasteiger partial charge in [0.25, 0.3) is 0 Å². The molecule has 1 N–H and O–H groups in total. The summed E-state index contributed by atoms with van der Waals surface area (Å²) in [4.78, 5) is 17.1. The van der Waals surface area contributed by atoms with E-state index in [9.17, 15) is 4.79 Å². The third kappa shape index (κ3) is 5.26. The monoisotopic (exact) mass is 351 g/mol. The van der Waals surface area contributed by atoms with Gasteiger partial charge in [-0.1, -0.05) is 19.3 Å². The molecule has 1 saturated carbocycles. The van der Waals surface area contributed by atoms with Crippen molar-refractivity contribution in [3.63, 3.8) is 0 Å². The van der Waals surface area contributed by atoms with Crippen LogP contribution in [-0.2, 0) is 4.79 Å². The zero-order chi connectivity index (χ0) is 13.8. The fourth-order valence-electron chi connectivity index (χ4n) is 4.01. The van der Waals surface area contributed by atoms with Crippen LogP contribution in [0.5, 0.6) is 0 Å². The van der Waals surface area contributed by atoms with Crippen LogP contribution in [0.15, 0.2) is 0 Å². The van der Waals surface area contributed by atoms with E-state index in [2.05, 4.69) is 15.1 Å². The predicted molar refractivity (Wildman–Crippen MR) is 95.1 cm³/mol. The van der Waals surface area contributed by atoms with E-state index in [1.54, 1.807) is 0 Å². The molecule has 0 bridgehead atoms. The van der Waals surface area contributed by atoms with Gasteiger partial charge in [-0.05, 0) is 31.7 Å². The lowest BCUT2D eigenvalue weighted by atomic mass is 9.89. The molecule has 2 saturated heterocycles. The summed E-state index contributed by atoms with van der Waals surface area (Å²) in [6, 6.07) is 0. The molecule has 4 nitrogen and oxygen atoms in total. The maximum Gasteiger partial charge on any atom is 0.227 e. The molecule has 3 fully saturated rings. The standard InChI is InChI=1S/C16H29N3O.2ClH/c20-16(15-6-7-17-12-15)19-10-8-18(9-11-19)13-14-4-2-1-3-5-14;;/h14-15,17H,1-13H2;2*1H. The highest BCUT2D eigenvalue weighted by Gasteiger charge is 2.29. The highest BCUT2D eigenvalue weighted by atomic mass is 35.5. The van der Waals surface area contributed by atoms with Gasteiger partial charge in [0.2, 0.25) is 5.91 Å². The van der Waals surface area contributed by atoms with Crippen LogP contribution in [0.3, 0.4) is 0 Å². The lowest BCUT2D eigenvalue weighted by Gasteiger charge is -2.38. The van der Waals surface area contributed by atoms with Gasteiger partial charge in [-0.3, -0.25) is 9.69 Å². The van der Waals surface area contributed by atoms with Gasteiger partial charge < -0.3 is 10.2 Å². The van der Waals surface area contributed by atoms with Crippen LogP contribution >= 0.6 is 24.8 Å². The Morgan fingerprint density at radius 1 is 0.955 bits per heavy atom. The van der Waals surface area contributed by atoms with Crippen molar-refractivity contribution in [2.75, 3.05) is 45.8 Å². The highest BCUT2D eigenvalue weighted by molar-refractivity contribution is 5.85. The Bertz CT molecular complexity index is 323. The van der Waals surface area contributed by atoms with Crippen LogP contribution in [0.25, 0.3) is 0 Å². The predicted octanol–water partition coefficient (Wildman–Crippen LogP) is 2.16. The van der Waals surface area contributed by atoms with Crippen molar-refractivity contribution in [1.82, 2.24) is 15.1 Å². The fourth-order valence-corrected chi connectivity index (χ4v) is 4.01. The summed E-state index contributed by atoms with van der Waals surface area (Å²) in [5.74, 6) is 1.57. The van der Waals surface area contributed by atoms with Crippen LogP contribution in [0.1, 0.15) is 38.5 Å². The first-order valence-corrected chi connectivity index (χ1v) is 8.55. The summed E-state index contributed by atoms with van der Waals surface area (Å²) in [7, 11) is 0. The molecule has 22 heavy (non-hydrogen) atoms. The normalized spacial score (nSPS) is 27.1. The van der Waals surface area contributed by atoms with Crippen LogP contribution in [0, 0.1) is 11.8 Å². The average Bonchev–Trinajstić information content (AvgIpc) is 3.03. The zero-order valence-electron chi connectivity index (χ0n) is 13.5. The van der Waals surface area contributed by atoms with Crippen LogP contribution in [-0.4, -0.2) is 61.5 Å². The number of halogens is 2. The SMILES string of the molecule is Cl.Cl.O=C(C1CCNC1)N1CCN(CC2CCCCC2)CC1. The largest absolute Gasteiger partial charge is 0.340 e. The van der Waals surface area contributed by atoms with E-state index in [1.165, 1.54) is 38.6 Å². The van der Waals surface area contributed by atoms with Crippen LogP contribution in [0.2, 0.25) is 0 Å². The van der Waals surface area contributed by atoms with Crippen molar-refractivity contribution in [1.29, 1.82) is 0 Å². The molecule has 3 rings (SSSR count). The minimum atomic E-state index is 0. The zero-order valence-corrected chi connectivity index (χ0v) is 15.1. The van der Waals surface area contributed by atoms with Crippen molar-refractivity contribution in [3.8, 4) is 0 Å². The van der Waals surface area contributed by atoms with E-state index in [0.29, 0.717) is 5.91 Å². The summed E-state index contributed by atoms with van der Waals surface area (Å²) < 4.78 is 0. The highest BCUT2D eigenvalue weighted by Crippen LogP contribution is 2.25. The number of hydrogen-bond donors (Lipinski definition) is 1. The molecule has 0 aromatic carbocycles. The lowest BCUT2D eigenvalue weighted by molar-refractivity contribution is -0.136. The quantitative estimate of drug-likeness (QED) is 0.846. The second-order valence-corrected chi connectivity index (χ2v) is 6.82. The summed E-state index contributed by atoms with van der Waals surface area (Å²) in [6.45, 7) is 7.24. The minimum absolute atomic E-state index is 0. The smallest absolute Gasteiger partial charge is 0.227 e. The number of amides is 1. The molecule has 6 heteroatoms. The fraction of sp³-hybridized carbons (Fsp3) is 0.938. The van der Waals surface area contributed by atoms with Crippen molar-refractivity contribution in [3.05, 3.63) is 0 Å². The Morgan fingerprint density at radius 3 is 2.23 bits per heavy atom. The molecular formula is C16H31Cl2N3O. The number of rotatable bonds is 3. The van der Waals surface area contributed by atoms with E-state index >= 15 is 0 Å². The second kappa shape index (κ2) is 9.96. The van der Waals surface area contributed by atoms with E-state index in [0.717, 1.165) is 51.6 Å². The molecule has 1 unspecified atom stereocenters. The Hall–Kier alpha value is -0.0300. The van der Waals surface area contributed by atoms with Crippen molar-refractivity contribution in [2.24, 2.45) is 11.8 Å². The summed E-state index contributed by atoms with van der Waals surface area (Å²) in [5, 5.41) is 3.30. The molecule has 2 heterocycles. The van der Waals surface area contributed by atoms with Gasteiger partial charge in [0.1, 0.15) is 0 Å². The van der Waals surface area contributed by atoms with E-state index in [1.807, 2.05) is 0 Å². The number of nitrogens with zero attached hydrogens (tertiary/aromatic N) is 2. The van der Waals surface area contributed by atoms with Crippen LogP contribution < -0.4 is 5.32 Å². The molecule has 130 valence electrons. The second-order valence-electron chi connectivity index (χ2n) is 6.82. The summed E-state index contributed by atoms with van der Waals surface area (Å²) in [6.07, 6.45) is 8.17. The van der Waals surface area contributed by atoms with Gasteiger partial charge in [0, 0.05) is 39.3 Å². The van der Waals surface area contributed by atoms with Gasteiger partial charge in [0.15, 0.2) is 0 Å². The summed E-state index contributed by atoms with van der Waals surface area (Å²) in [5.41, 5.74) is 0. The van der Waals surface area contributed by atoms with Gasteiger partial charge in [-0.15, -0.1) is 24.8 Å². The molecule has 0 aromatic heterocycles. The van der Waals surface area contributed by atoms with Crippen molar-refractivity contribution < 1.29 is 4.79 Å².